The molecular weight excluding hydrogens is 266 g/mol. The van der Waals surface area contributed by atoms with E-state index in [1.807, 2.05) is 36.2 Å². The Hall–Kier alpha value is -0.960. The van der Waals surface area contributed by atoms with Crippen molar-refractivity contribution < 1.29 is 4.79 Å². The fourth-order valence-electron chi connectivity index (χ4n) is 2.89. The minimum Gasteiger partial charge on any atom is -0.342 e. The van der Waals surface area contributed by atoms with Crippen LogP contribution in [0.3, 0.4) is 0 Å². The molecule has 0 spiro atoms. The lowest BCUT2D eigenvalue weighted by molar-refractivity contribution is -0.132. The van der Waals surface area contributed by atoms with E-state index in [0.29, 0.717) is 17.9 Å². The van der Waals surface area contributed by atoms with E-state index < -0.39 is 0 Å². The minimum absolute atomic E-state index is 0.224. The monoisotopic (exact) mass is 291 g/mol. The van der Waals surface area contributed by atoms with Crippen LogP contribution in [0.4, 0.5) is 0 Å². The molecular formula is C17H25NOS. The summed E-state index contributed by atoms with van der Waals surface area (Å²) < 4.78 is 0. The molecule has 1 aromatic carbocycles. The Morgan fingerprint density at radius 2 is 1.80 bits per heavy atom. The summed E-state index contributed by atoms with van der Waals surface area (Å²) in [7, 11) is 1.96. The molecule has 0 heterocycles. The Bertz CT molecular complexity index is 456. The fraction of sp³-hybridized carbons (Fsp3) is 0.588. The summed E-state index contributed by atoms with van der Waals surface area (Å²) in [6, 6.07) is 8.26. The van der Waals surface area contributed by atoms with Crippen LogP contribution in [0.25, 0.3) is 0 Å². The standard InChI is InChI=1S/C17H25NOS/c1-17(2)10-8-14(9-11-17)18(3)16(19)12-13-4-6-15(20)7-5-13/h4-7,14,20H,8-12H2,1-3H3. The molecule has 1 amide bonds. The third-order valence-electron chi connectivity index (χ3n) is 4.54. The predicted molar refractivity (Wildman–Crippen MR) is 86.2 cm³/mol. The lowest BCUT2D eigenvalue weighted by Crippen LogP contribution is -2.41. The Labute approximate surface area is 128 Å². The van der Waals surface area contributed by atoms with E-state index in [-0.39, 0.29) is 5.91 Å². The largest absolute Gasteiger partial charge is 0.342 e. The maximum absolute atomic E-state index is 12.4. The zero-order valence-electron chi connectivity index (χ0n) is 12.7. The highest BCUT2D eigenvalue weighted by molar-refractivity contribution is 7.80. The number of benzene rings is 1. The molecule has 1 fully saturated rings. The van der Waals surface area contributed by atoms with Crippen molar-refractivity contribution >= 4 is 18.5 Å². The Balaban J connectivity index is 1.90. The van der Waals surface area contributed by atoms with Crippen LogP contribution in [-0.2, 0) is 11.2 Å². The molecule has 20 heavy (non-hydrogen) atoms. The van der Waals surface area contributed by atoms with Crippen molar-refractivity contribution in [3.63, 3.8) is 0 Å². The van der Waals surface area contributed by atoms with Gasteiger partial charge in [0.1, 0.15) is 0 Å². The summed E-state index contributed by atoms with van der Waals surface area (Å²) in [6.07, 6.45) is 5.17. The molecule has 1 aliphatic rings. The van der Waals surface area contributed by atoms with Crippen molar-refractivity contribution in [3.05, 3.63) is 29.8 Å². The minimum atomic E-state index is 0.224. The Morgan fingerprint density at radius 1 is 1.25 bits per heavy atom. The topological polar surface area (TPSA) is 20.3 Å². The van der Waals surface area contributed by atoms with Crippen LogP contribution < -0.4 is 0 Å². The molecule has 0 N–H and O–H groups in total. The summed E-state index contributed by atoms with van der Waals surface area (Å²) in [4.78, 5) is 15.3. The van der Waals surface area contributed by atoms with Gasteiger partial charge < -0.3 is 4.90 Å². The van der Waals surface area contributed by atoms with E-state index in [0.717, 1.165) is 23.3 Å². The van der Waals surface area contributed by atoms with Gasteiger partial charge in [0, 0.05) is 18.0 Å². The molecule has 2 rings (SSSR count). The van der Waals surface area contributed by atoms with E-state index in [1.165, 1.54) is 12.8 Å². The van der Waals surface area contributed by atoms with Gasteiger partial charge in [-0.25, -0.2) is 0 Å². The third kappa shape index (κ3) is 4.02. The highest BCUT2D eigenvalue weighted by Crippen LogP contribution is 2.36. The average Bonchev–Trinajstić information content (AvgIpc) is 2.40. The van der Waals surface area contributed by atoms with Gasteiger partial charge in [0.2, 0.25) is 5.91 Å². The maximum atomic E-state index is 12.4. The fourth-order valence-corrected chi connectivity index (χ4v) is 3.04. The molecule has 2 nitrogen and oxygen atoms in total. The van der Waals surface area contributed by atoms with Crippen molar-refractivity contribution in [2.75, 3.05) is 7.05 Å². The second-order valence-corrected chi connectivity index (χ2v) is 7.26. The molecule has 1 aliphatic carbocycles. The van der Waals surface area contributed by atoms with Crippen LogP contribution in [-0.4, -0.2) is 23.9 Å². The van der Waals surface area contributed by atoms with Gasteiger partial charge in [-0.3, -0.25) is 4.79 Å². The highest BCUT2D eigenvalue weighted by atomic mass is 32.1. The molecule has 0 atom stereocenters. The summed E-state index contributed by atoms with van der Waals surface area (Å²) in [5.74, 6) is 0.224. The number of carbonyl (C=O) groups is 1. The highest BCUT2D eigenvalue weighted by Gasteiger charge is 2.30. The number of thiol groups is 1. The summed E-state index contributed by atoms with van der Waals surface area (Å²) in [5.41, 5.74) is 1.51. The Kier molecular flexibility index (Phi) is 4.79. The van der Waals surface area contributed by atoms with Gasteiger partial charge in [0.25, 0.3) is 0 Å². The number of rotatable bonds is 3. The number of carbonyl (C=O) groups excluding carboxylic acids is 1. The molecule has 0 aromatic heterocycles. The van der Waals surface area contributed by atoms with Crippen molar-refractivity contribution in [2.24, 2.45) is 5.41 Å². The van der Waals surface area contributed by atoms with E-state index in [2.05, 4.69) is 26.5 Å². The van der Waals surface area contributed by atoms with Crippen LogP contribution in [0.15, 0.2) is 29.2 Å². The SMILES string of the molecule is CN(C(=O)Cc1ccc(S)cc1)C1CCC(C)(C)CC1. The van der Waals surface area contributed by atoms with Gasteiger partial charge in [0.05, 0.1) is 6.42 Å². The van der Waals surface area contributed by atoms with Crippen LogP contribution in [0.2, 0.25) is 0 Å². The van der Waals surface area contributed by atoms with E-state index in [1.54, 1.807) is 0 Å². The van der Waals surface area contributed by atoms with E-state index in [4.69, 9.17) is 0 Å². The number of likely N-dealkylation sites (N-methyl/N-ethyl adjacent to an activating group) is 1. The molecule has 0 aliphatic heterocycles. The van der Waals surface area contributed by atoms with Crippen LogP contribution >= 0.6 is 12.6 Å². The van der Waals surface area contributed by atoms with Gasteiger partial charge in [-0.1, -0.05) is 26.0 Å². The van der Waals surface area contributed by atoms with E-state index in [9.17, 15) is 4.79 Å². The van der Waals surface area contributed by atoms with Crippen molar-refractivity contribution in [1.82, 2.24) is 4.90 Å². The summed E-state index contributed by atoms with van der Waals surface area (Å²) in [6.45, 7) is 4.65. The van der Waals surface area contributed by atoms with Crippen LogP contribution in [0.1, 0.15) is 45.1 Å². The molecule has 0 bridgehead atoms. The first kappa shape index (κ1) is 15.4. The smallest absolute Gasteiger partial charge is 0.226 e. The lowest BCUT2D eigenvalue weighted by Gasteiger charge is -2.38. The molecule has 110 valence electrons. The van der Waals surface area contributed by atoms with Gasteiger partial charge in [0.15, 0.2) is 0 Å². The second-order valence-electron chi connectivity index (χ2n) is 6.74. The van der Waals surface area contributed by atoms with Gasteiger partial charge in [-0.05, 0) is 48.8 Å². The maximum Gasteiger partial charge on any atom is 0.226 e. The first-order valence-electron chi connectivity index (χ1n) is 7.41. The van der Waals surface area contributed by atoms with Crippen molar-refractivity contribution in [3.8, 4) is 0 Å². The molecule has 1 saturated carbocycles. The lowest BCUT2D eigenvalue weighted by atomic mass is 9.75. The molecule has 0 unspecified atom stereocenters. The number of hydrogen-bond donors (Lipinski definition) is 1. The first-order valence-corrected chi connectivity index (χ1v) is 7.86. The molecule has 0 radical (unpaired) electrons. The summed E-state index contributed by atoms with van der Waals surface area (Å²) >= 11 is 4.27. The molecule has 1 aromatic rings. The number of amides is 1. The van der Waals surface area contributed by atoms with Crippen LogP contribution in [0, 0.1) is 5.41 Å². The van der Waals surface area contributed by atoms with Crippen molar-refractivity contribution in [1.29, 1.82) is 0 Å². The molecule has 3 heteroatoms. The predicted octanol–water partition coefficient (Wildman–Crippen LogP) is 3.95. The number of hydrogen-bond acceptors (Lipinski definition) is 2. The van der Waals surface area contributed by atoms with Crippen LogP contribution in [0.5, 0.6) is 0 Å². The van der Waals surface area contributed by atoms with E-state index >= 15 is 0 Å². The van der Waals surface area contributed by atoms with Gasteiger partial charge >= 0.3 is 0 Å². The third-order valence-corrected chi connectivity index (χ3v) is 4.84. The van der Waals surface area contributed by atoms with Gasteiger partial charge in [-0.15, -0.1) is 12.6 Å². The second kappa shape index (κ2) is 6.21. The van der Waals surface area contributed by atoms with Gasteiger partial charge in [-0.2, -0.15) is 0 Å². The normalized spacial score (nSPS) is 18.8. The van der Waals surface area contributed by atoms with Crippen molar-refractivity contribution in [2.45, 2.75) is 56.9 Å². The first-order chi connectivity index (χ1) is 9.37. The zero-order valence-corrected chi connectivity index (χ0v) is 13.6. The Morgan fingerprint density at radius 3 is 2.35 bits per heavy atom. The average molecular weight is 291 g/mol. The number of nitrogens with zero attached hydrogens (tertiary/aromatic N) is 1. The zero-order chi connectivity index (χ0) is 14.8. The molecule has 0 saturated heterocycles. The quantitative estimate of drug-likeness (QED) is 0.836. The summed E-state index contributed by atoms with van der Waals surface area (Å²) in [5, 5.41) is 0.